The fraction of sp³-hybridized carbons (Fsp3) is 0.0455. The predicted molar refractivity (Wildman–Crippen MR) is 118 cm³/mol. The van der Waals surface area contributed by atoms with Gasteiger partial charge in [-0.1, -0.05) is 18.2 Å². The average Bonchev–Trinajstić information content (AvgIpc) is 3.13. The summed E-state index contributed by atoms with van der Waals surface area (Å²) in [5, 5.41) is 3.96. The number of fused-ring (bicyclic) bond motifs is 1. The lowest BCUT2D eigenvalue weighted by Gasteiger charge is -2.10. The minimum Gasteiger partial charge on any atom is -0.397 e. The average molecular weight is 409 g/mol. The van der Waals surface area contributed by atoms with Crippen LogP contribution in [0.5, 0.6) is 0 Å². The molecule has 0 aliphatic heterocycles. The van der Waals surface area contributed by atoms with E-state index in [2.05, 4.69) is 17.4 Å². The number of benzene rings is 3. The second-order valence-corrected chi connectivity index (χ2v) is 8.24. The number of amides is 1. The fourth-order valence-electron chi connectivity index (χ4n) is 2.93. The maximum atomic E-state index is 13.2. The van der Waals surface area contributed by atoms with Crippen molar-refractivity contribution < 1.29 is 9.18 Å². The van der Waals surface area contributed by atoms with Crippen LogP contribution in [0, 0.1) is 5.82 Å². The van der Waals surface area contributed by atoms with Gasteiger partial charge in [0, 0.05) is 9.60 Å². The molecule has 0 saturated heterocycles. The van der Waals surface area contributed by atoms with Crippen LogP contribution in [0.4, 0.5) is 15.8 Å². The van der Waals surface area contributed by atoms with Gasteiger partial charge in [-0.25, -0.2) is 4.39 Å². The highest BCUT2D eigenvalue weighted by atomic mass is 32.2. The Labute approximate surface area is 170 Å². The number of nitrogens with one attached hydrogen (secondary N) is 1. The number of anilines is 2. The summed E-state index contributed by atoms with van der Waals surface area (Å²) in [6, 6.07) is 19.7. The maximum Gasteiger partial charge on any atom is 0.265 e. The molecule has 0 atom stereocenters. The Morgan fingerprint density at radius 2 is 1.75 bits per heavy atom. The molecule has 3 N–H and O–H groups in total. The summed E-state index contributed by atoms with van der Waals surface area (Å²) < 4.78 is 14.2. The summed E-state index contributed by atoms with van der Waals surface area (Å²) in [6.07, 6.45) is 2.03. The Morgan fingerprint density at radius 3 is 2.50 bits per heavy atom. The lowest BCUT2D eigenvalue weighted by Crippen LogP contribution is -2.11. The highest BCUT2D eigenvalue weighted by Crippen LogP contribution is 2.31. The first-order valence-electron chi connectivity index (χ1n) is 8.58. The molecule has 0 saturated carbocycles. The van der Waals surface area contributed by atoms with Crippen molar-refractivity contribution in [1.29, 1.82) is 0 Å². The molecule has 4 aromatic rings. The van der Waals surface area contributed by atoms with Crippen LogP contribution in [-0.2, 0) is 0 Å². The van der Waals surface area contributed by atoms with Gasteiger partial charge < -0.3 is 11.1 Å². The molecule has 6 heteroatoms. The van der Waals surface area contributed by atoms with Crippen molar-refractivity contribution in [2.24, 2.45) is 0 Å². The zero-order chi connectivity index (χ0) is 19.7. The lowest BCUT2D eigenvalue weighted by atomic mass is 10.0. The van der Waals surface area contributed by atoms with Gasteiger partial charge in [-0.2, -0.15) is 0 Å². The molecule has 1 aromatic heterocycles. The third-order valence-corrected chi connectivity index (χ3v) is 6.27. The van der Waals surface area contributed by atoms with Crippen molar-refractivity contribution in [2.45, 2.75) is 4.90 Å². The molecule has 1 amide bonds. The van der Waals surface area contributed by atoms with Crippen LogP contribution < -0.4 is 11.1 Å². The normalized spacial score (nSPS) is 10.9. The van der Waals surface area contributed by atoms with Crippen LogP contribution in [0.25, 0.3) is 21.2 Å². The first kappa shape index (κ1) is 18.5. The summed E-state index contributed by atoms with van der Waals surface area (Å²) in [4.78, 5) is 14.6. The molecule has 0 unspecified atom stereocenters. The first-order chi connectivity index (χ1) is 13.5. The van der Waals surface area contributed by atoms with Crippen LogP contribution in [0.3, 0.4) is 0 Å². The quantitative estimate of drug-likeness (QED) is 0.309. The van der Waals surface area contributed by atoms with Gasteiger partial charge >= 0.3 is 0 Å². The molecule has 4 rings (SSSR count). The SMILES string of the molecule is CSc1ccc2sc(C(=O)Nc3cc(-c4ccc(F)cc4)ccc3N)cc2c1. The van der Waals surface area contributed by atoms with Crippen LogP contribution >= 0.6 is 23.1 Å². The third-order valence-electron chi connectivity index (χ3n) is 4.43. The molecule has 0 fully saturated rings. The molecule has 1 heterocycles. The number of thioether (sulfide) groups is 1. The molecule has 0 aliphatic carbocycles. The van der Waals surface area contributed by atoms with Gasteiger partial charge in [0.1, 0.15) is 5.82 Å². The van der Waals surface area contributed by atoms with E-state index in [0.717, 1.165) is 26.1 Å². The van der Waals surface area contributed by atoms with E-state index in [9.17, 15) is 9.18 Å². The Kier molecular flexibility index (Phi) is 5.07. The van der Waals surface area contributed by atoms with Crippen LogP contribution in [0.2, 0.25) is 0 Å². The zero-order valence-corrected chi connectivity index (χ0v) is 16.7. The van der Waals surface area contributed by atoms with Crippen molar-refractivity contribution in [3.63, 3.8) is 0 Å². The summed E-state index contributed by atoms with van der Waals surface area (Å²) in [5.74, 6) is -0.489. The Balaban J connectivity index is 1.62. The van der Waals surface area contributed by atoms with Crippen LogP contribution in [-0.4, -0.2) is 12.2 Å². The van der Waals surface area contributed by atoms with Gasteiger partial charge in [0.2, 0.25) is 0 Å². The second-order valence-electron chi connectivity index (χ2n) is 6.28. The van der Waals surface area contributed by atoms with Gasteiger partial charge in [0.05, 0.1) is 16.3 Å². The summed E-state index contributed by atoms with van der Waals surface area (Å²) in [5.41, 5.74) is 8.77. The van der Waals surface area contributed by atoms with E-state index >= 15 is 0 Å². The maximum absolute atomic E-state index is 13.2. The van der Waals surface area contributed by atoms with Gasteiger partial charge in [-0.05, 0) is 71.3 Å². The van der Waals surface area contributed by atoms with E-state index in [4.69, 9.17) is 5.73 Å². The van der Waals surface area contributed by atoms with E-state index in [0.29, 0.717) is 16.3 Å². The Morgan fingerprint density at radius 1 is 1.00 bits per heavy atom. The molecular formula is C22H17FN2OS2. The first-order valence-corrected chi connectivity index (χ1v) is 10.6. The van der Waals surface area contributed by atoms with E-state index in [1.54, 1.807) is 36.0 Å². The number of thiophene rings is 1. The topological polar surface area (TPSA) is 55.1 Å². The molecular weight excluding hydrogens is 391 g/mol. The van der Waals surface area contributed by atoms with Gasteiger partial charge in [0.25, 0.3) is 5.91 Å². The van der Waals surface area contributed by atoms with Crippen molar-refractivity contribution in [2.75, 3.05) is 17.3 Å². The number of rotatable bonds is 4. The van der Waals surface area contributed by atoms with Crippen molar-refractivity contribution >= 4 is 50.5 Å². The molecule has 140 valence electrons. The Bertz CT molecular complexity index is 1170. The van der Waals surface area contributed by atoms with Crippen LogP contribution in [0.15, 0.2) is 71.6 Å². The number of nitrogens with two attached hydrogens (primary N) is 1. The number of nitrogen functional groups attached to an aromatic ring is 1. The molecule has 0 spiro atoms. The standard InChI is InChI=1S/C22H17FN2OS2/c1-27-17-7-9-20-15(10-17)12-21(28-20)22(26)25-19-11-14(4-8-18(19)24)13-2-5-16(23)6-3-13/h2-12H,24H2,1H3,(H,25,26). The van der Waals surface area contributed by atoms with Gasteiger partial charge in [-0.15, -0.1) is 23.1 Å². The molecule has 0 bridgehead atoms. The summed E-state index contributed by atoms with van der Waals surface area (Å²) in [6.45, 7) is 0. The van der Waals surface area contributed by atoms with E-state index in [1.807, 2.05) is 24.5 Å². The second kappa shape index (κ2) is 7.66. The van der Waals surface area contributed by atoms with Gasteiger partial charge in [0.15, 0.2) is 0 Å². The lowest BCUT2D eigenvalue weighted by molar-refractivity contribution is 0.103. The molecule has 3 nitrogen and oxygen atoms in total. The smallest absolute Gasteiger partial charge is 0.265 e. The van der Waals surface area contributed by atoms with Crippen molar-refractivity contribution in [1.82, 2.24) is 0 Å². The summed E-state index contributed by atoms with van der Waals surface area (Å²) >= 11 is 3.12. The largest absolute Gasteiger partial charge is 0.397 e. The van der Waals surface area contributed by atoms with Gasteiger partial charge in [-0.3, -0.25) is 4.79 Å². The van der Waals surface area contributed by atoms with E-state index in [-0.39, 0.29) is 11.7 Å². The molecule has 28 heavy (non-hydrogen) atoms. The number of hydrogen-bond donors (Lipinski definition) is 2. The number of hydrogen-bond acceptors (Lipinski definition) is 4. The molecule has 3 aromatic carbocycles. The minimum absolute atomic E-state index is 0.199. The summed E-state index contributed by atoms with van der Waals surface area (Å²) in [7, 11) is 0. The van der Waals surface area contributed by atoms with Crippen molar-refractivity contribution in [3.8, 4) is 11.1 Å². The third kappa shape index (κ3) is 3.74. The number of carbonyl (C=O) groups excluding carboxylic acids is 1. The number of carbonyl (C=O) groups is 1. The molecule has 0 aliphatic rings. The predicted octanol–water partition coefficient (Wildman–Crippen LogP) is 6.26. The molecule has 0 radical (unpaired) electrons. The highest BCUT2D eigenvalue weighted by molar-refractivity contribution is 7.98. The minimum atomic E-state index is -0.290. The van der Waals surface area contributed by atoms with Crippen LogP contribution in [0.1, 0.15) is 9.67 Å². The highest BCUT2D eigenvalue weighted by Gasteiger charge is 2.13. The fourth-order valence-corrected chi connectivity index (χ4v) is 4.32. The van der Waals surface area contributed by atoms with E-state index in [1.165, 1.54) is 23.5 Å². The monoisotopic (exact) mass is 408 g/mol. The zero-order valence-electron chi connectivity index (χ0n) is 15.0. The van der Waals surface area contributed by atoms with Crippen molar-refractivity contribution in [3.05, 3.63) is 77.4 Å². The number of halogens is 1. The Hall–Kier alpha value is -2.83. The van der Waals surface area contributed by atoms with E-state index < -0.39 is 0 Å².